The highest BCUT2D eigenvalue weighted by Crippen LogP contribution is 2.32. The number of hydrogen-bond acceptors (Lipinski definition) is 3. The quantitative estimate of drug-likeness (QED) is 0.517. The van der Waals surface area contributed by atoms with Gasteiger partial charge in [0.1, 0.15) is 6.10 Å². The molecular weight excluding hydrogens is 144 g/mol. The molecule has 2 aliphatic rings. The number of aliphatic hydroxyl groups is 1. The maximum absolute atomic E-state index is 9.52. The van der Waals surface area contributed by atoms with Crippen molar-refractivity contribution < 1.29 is 14.6 Å². The summed E-state index contributed by atoms with van der Waals surface area (Å²) in [6.45, 7) is 1.25. The molecule has 1 unspecified atom stereocenters. The minimum atomic E-state index is -0.700. The van der Waals surface area contributed by atoms with Crippen LogP contribution < -0.4 is 0 Å². The average Bonchev–Trinajstić information content (AvgIpc) is 2.46. The molecule has 11 heavy (non-hydrogen) atoms. The maximum Gasteiger partial charge on any atom is 0.198 e. The number of hydrogen-bond donors (Lipinski definition) is 1. The van der Waals surface area contributed by atoms with Gasteiger partial charge in [0.25, 0.3) is 0 Å². The number of rotatable bonds is 0. The predicted molar refractivity (Wildman–Crippen MR) is 39.0 cm³/mol. The van der Waals surface area contributed by atoms with Crippen LogP contribution in [0.2, 0.25) is 0 Å². The molecule has 0 radical (unpaired) electrons. The van der Waals surface area contributed by atoms with Crippen molar-refractivity contribution >= 4 is 0 Å². The molecule has 0 saturated carbocycles. The molecule has 3 heteroatoms. The zero-order valence-electron chi connectivity index (χ0n) is 6.32. The molecule has 0 amide bonds. The van der Waals surface area contributed by atoms with Crippen LogP contribution >= 0.6 is 0 Å². The summed E-state index contributed by atoms with van der Waals surface area (Å²) in [5, 5.41) is 9.52. The van der Waals surface area contributed by atoms with Gasteiger partial charge in [0, 0.05) is 6.42 Å². The average molecular weight is 156 g/mol. The van der Waals surface area contributed by atoms with Crippen LogP contribution in [0.3, 0.4) is 0 Å². The normalized spacial score (nSPS) is 43.5. The maximum atomic E-state index is 9.52. The highest BCUT2D eigenvalue weighted by molar-refractivity contribution is 5.02. The Morgan fingerprint density at radius 3 is 3.00 bits per heavy atom. The van der Waals surface area contributed by atoms with E-state index in [0.717, 1.165) is 12.8 Å². The lowest BCUT2D eigenvalue weighted by Gasteiger charge is -2.33. The Bertz CT molecular complexity index is 170. The summed E-state index contributed by atoms with van der Waals surface area (Å²) >= 11 is 0. The first-order valence-electron chi connectivity index (χ1n) is 3.96. The first kappa shape index (κ1) is 7.28. The minimum Gasteiger partial charge on any atom is -0.383 e. The third-order valence-electron chi connectivity index (χ3n) is 2.21. The van der Waals surface area contributed by atoms with Gasteiger partial charge in [-0.25, -0.2) is 0 Å². The fraction of sp³-hybridized carbons (Fsp3) is 0.750. The van der Waals surface area contributed by atoms with Gasteiger partial charge in [-0.1, -0.05) is 12.2 Å². The Kier molecular flexibility index (Phi) is 1.71. The molecule has 2 atom stereocenters. The van der Waals surface area contributed by atoms with Crippen molar-refractivity contribution in [3.8, 4) is 0 Å². The molecule has 1 spiro atoms. The first-order valence-corrected chi connectivity index (χ1v) is 3.96. The third-order valence-corrected chi connectivity index (χ3v) is 2.21. The van der Waals surface area contributed by atoms with Gasteiger partial charge < -0.3 is 14.6 Å². The number of ether oxygens (including phenoxy) is 2. The van der Waals surface area contributed by atoms with Crippen LogP contribution in [-0.2, 0) is 9.47 Å². The van der Waals surface area contributed by atoms with Crippen LogP contribution in [0.5, 0.6) is 0 Å². The predicted octanol–water partition coefficient (Wildman–Crippen LogP) is 0.440. The summed E-state index contributed by atoms with van der Waals surface area (Å²) in [5.41, 5.74) is 0. The summed E-state index contributed by atoms with van der Waals surface area (Å²) in [4.78, 5) is 0. The third kappa shape index (κ3) is 1.09. The lowest BCUT2D eigenvalue weighted by Crippen LogP contribution is -2.45. The van der Waals surface area contributed by atoms with Crippen molar-refractivity contribution in [2.75, 3.05) is 13.2 Å². The second-order valence-corrected chi connectivity index (χ2v) is 2.95. The molecule has 0 aromatic heterocycles. The number of aliphatic hydroxyl groups excluding tert-OH is 1. The van der Waals surface area contributed by atoms with Crippen molar-refractivity contribution in [2.24, 2.45) is 0 Å². The highest BCUT2D eigenvalue weighted by atomic mass is 16.7. The van der Waals surface area contributed by atoms with Gasteiger partial charge in [0.2, 0.25) is 0 Å². The van der Waals surface area contributed by atoms with Crippen molar-refractivity contribution in [3.05, 3.63) is 12.2 Å². The molecular formula is C8H12O3. The van der Waals surface area contributed by atoms with Gasteiger partial charge in [0.05, 0.1) is 13.2 Å². The zero-order chi connectivity index (χ0) is 7.73. The standard InChI is InChI=1S/C8H12O3/c9-7-3-1-5-10-8(7)4-2-6-11-8/h1,3,7,9H,2,4-6H2/t7-,8?/m0/s1. The van der Waals surface area contributed by atoms with Crippen LogP contribution in [0.1, 0.15) is 12.8 Å². The molecule has 62 valence electrons. The van der Waals surface area contributed by atoms with Crippen LogP contribution in [-0.4, -0.2) is 30.2 Å². The van der Waals surface area contributed by atoms with E-state index in [0.29, 0.717) is 13.2 Å². The lowest BCUT2D eigenvalue weighted by atomic mass is 10.0. The van der Waals surface area contributed by atoms with Gasteiger partial charge in [-0.3, -0.25) is 0 Å². The minimum absolute atomic E-state index is 0.553. The van der Waals surface area contributed by atoms with E-state index >= 15 is 0 Å². The second kappa shape index (κ2) is 2.59. The van der Waals surface area contributed by atoms with Crippen molar-refractivity contribution in [2.45, 2.75) is 24.7 Å². The molecule has 0 aromatic carbocycles. The molecule has 1 N–H and O–H groups in total. The summed E-state index contributed by atoms with van der Waals surface area (Å²) in [6.07, 6.45) is 4.76. The van der Waals surface area contributed by atoms with Crippen molar-refractivity contribution in [1.82, 2.24) is 0 Å². The van der Waals surface area contributed by atoms with Gasteiger partial charge >= 0.3 is 0 Å². The van der Waals surface area contributed by atoms with E-state index in [1.807, 2.05) is 6.08 Å². The Balaban J connectivity index is 2.16. The SMILES string of the molecule is O[C@H]1C=CCOC12CCCO2. The Morgan fingerprint density at radius 2 is 2.36 bits per heavy atom. The smallest absolute Gasteiger partial charge is 0.198 e. The lowest BCUT2D eigenvalue weighted by molar-refractivity contribution is -0.249. The Morgan fingerprint density at radius 1 is 1.45 bits per heavy atom. The van der Waals surface area contributed by atoms with Crippen LogP contribution in [0, 0.1) is 0 Å². The van der Waals surface area contributed by atoms with Gasteiger partial charge in [-0.2, -0.15) is 0 Å². The van der Waals surface area contributed by atoms with E-state index in [1.165, 1.54) is 0 Å². The largest absolute Gasteiger partial charge is 0.383 e. The van der Waals surface area contributed by atoms with Gasteiger partial charge in [0.15, 0.2) is 5.79 Å². The molecule has 0 aliphatic carbocycles. The summed E-state index contributed by atoms with van der Waals surface area (Å²) in [6, 6.07) is 0. The van der Waals surface area contributed by atoms with Crippen LogP contribution in [0.15, 0.2) is 12.2 Å². The summed E-state index contributed by atoms with van der Waals surface area (Å²) in [7, 11) is 0. The zero-order valence-corrected chi connectivity index (χ0v) is 6.32. The van der Waals surface area contributed by atoms with Crippen molar-refractivity contribution in [3.63, 3.8) is 0 Å². The molecule has 2 rings (SSSR count). The fourth-order valence-corrected chi connectivity index (χ4v) is 1.59. The second-order valence-electron chi connectivity index (χ2n) is 2.95. The highest BCUT2D eigenvalue weighted by Gasteiger charge is 2.43. The van der Waals surface area contributed by atoms with Gasteiger partial charge in [-0.05, 0) is 6.42 Å². The molecule has 1 saturated heterocycles. The molecule has 2 aliphatic heterocycles. The topological polar surface area (TPSA) is 38.7 Å². The molecule has 3 nitrogen and oxygen atoms in total. The van der Waals surface area contributed by atoms with E-state index in [9.17, 15) is 5.11 Å². The molecule has 0 bridgehead atoms. The molecule has 0 aromatic rings. The summed E-state index contributed by atoms with van der Waals surface area (Å²) in [5.74, 6) is -0.700. The monoisotopic (exact) mass is 156 g/mol. The van der Waals surface area contributed by atoms with Crippen molar-refractivity contribution in [1.29, 1.82) is 0 Å². The van der Waals surface area contributed by atoms with E-state index in [4.69, 9.17) is 9.47 Å². The Labute approximate surface area is 65.6 Å². The molecule has 1 fully saturated rings. The fourth-order valence-electron chi connectivity index (χ4n) is 1.59. The summed E-state index contributed by atoms with van der Waals surface area (Å²) < 4.78 is 10.7. The Hall–Kier alpha value is -0.380. The van der Waals surface area contributed by atoms with Gasteiger partial charge in [-0.15, -0.1) is 0 Å². The molecule has 2 heterocycles. The van der Waals surface area contributed by atoms with E-state index in [-0.39, 0.29) is 0 Å². The van der Waals surface area contributed by atoms with Crippen LogP contribution in [0.25, 0.3) is 0 Å². The first-order chi connectivity index (χ1) is 5.33. The van der Waals surface area contributed by atoms with E-state index < -0.39 is 11.9 Å². The van der Waals surface area contributed by atoms with Crippen LogP contribution in [0.4, 0.5) is 0 Å². The van der Waals surface area contributed by atoms with E-state index in [2.05, 4.69) is 0 Å². The van der Waals surface area contributed by atoms with E-state index in [1.54, 1.807) is 6.08 Å².